The lowest BCUT2D eigenvalue weighted by atomic mass is 9.48. The van der Waals surface area contributed by atoms with Gasteiger partial charge in [-0.05, 0) is 118 Å². The van der Waals surface area contributed by atoms with Gasteiger partial charge in [-0.1, -0.05) is 42.5 Å². The number of hydrogen-bond acceptors (Lipinski definition) is 5. The molecule has 1 aromatic carbocycles. The molecular formula is C35H45BO5. The third-order valence-corrected chi connectivity index (χ3v) is 11.3. The molecule has 3 atom stereocenters. The molecule has 4 saturated carbocycles. The molecule has 1 aliphatic heterocycles. The molecule has 5 nitrogen and oxygen atoms in total. The fraction of sp³-hybridized carbons (Fsp3) is 0.600. The van der Waals surface area contributed by atoms with Crippen LogP contribution in [0.5, 0.6) is 5.75 Å². The molecule has 4 bridgehead atoms. The topological polar surface area (TPSA) is 68.2 Å². The lowest BCUT2D eigenvalue weighted by Crippen LogP contribution is -2.48. The molecule has 1 aromatic rings. The zero-order valence-corrected chi connectivity index (χ0v) is 25.0. The van der Waals surface area contributed by atoms with E-state index in [1.807, 2.05) is 0 Å². The number of aliphatic hydroxyl groups is 2. The Morgan fingerprint density at radius 3 is 2.15 bits per heavy atom. The van der Waals surface area contributed by atoms with Crippen LogP contribution >= 0.6 is 0 Å². The highest BCUT2D eigenvalue weighted by Gasteiger charge is 2.53. The maximum Gasteiger partial charge on any atom is 0.494 e. The normalized spacial score (nSPS) is 36.6. The molecule has 3 unspecified atom stereocenters. The summed E-state index contributed by atoms with van der Waals surface area (Å²) in [5, 5.41) is 19.4. The van der Waals surface area contributed by atoms with Gasteiger partial charge in [0.1, 0.15) is 18.5 Å². The second kappa shape index (κ2) is 9.97. The average Bonchev–Trinajstić information content (AvgIpc) is 3.16. The first kappa shape index (κ1) is 27.7. The van der Waals surface area contributed by atoms with E-state index in [-0.39, 0.29) is 42.9 Å². The molecule has 218 valence electrons. The van der Waals surface area contributed by atoms with Crippen LogP contribution in [0.15, 0.2) is 60.1 Å². The van der Waals surface area contributed by atoms with Gasteiger partial charge in [0.15, 0.2) is 0 Å². The first-order valence-electron chi connectivity index (χ1n) is 15.8. The lowest BCUT2D eigenvalue weighted by molar-refractivity contribution is -0.00738. The third-order valence-electron chi connectivity index (χ3n) is 11.3. The SMILES string of the molecule is CC1(C)OB(C2=CC3C=CC(c4ccc(OCC(O)CO)c(C56CC7CC(CC(C7)C5)C6)c4)=CC3C=C2)OC1(C)C. The van der Waals surface area contributed by atoms with E-state index in [1.54, 1.807) is 0 Å². The number of fused-ring (bicyclic) bond motifs is 1. The summed E-state index contributed by atoms with van der Waals surface area (Å²) in [7, 11) is -0.337. The van der Waals surface area contributed by atoms with E-state index in [0.717, 1.165) is 29.0 Å². The van der Waals surface area contributed by atoms with Crippen molar-refractivity contribution in [3.63, 3.8) is 0 Å². The van der Waals surface area contributed by atoms with Crippen LogP contribution in [0.3, 0.4) is 0 Å². The van der Waals surface area contributed by atoms with Gasteiger partial charge in [-0.3, -0.25) is 0 Å². The van der Waals surface area contributed by atoms with Crippen LogP contribution in [0.2, 0.25) is 0 Å². The Bertz CT molecular complexity index is 1270. The van der Waals surface area contributed by atoms with Crippen molar-refractivity contribution in [2.75, 3.05) is 13.2 Å². The quantitative estimate of drug-likeness (QED) is 0.392. The van der Waals surface area contributed by atoms with Crippen molar-refractivity contribution in [2.45, 2.75) is 88.9 Å². The minimum atomic E-state index is -0.868. The number of rotatable bonds is 7. The van der Waals surface area contributed by atoms with Gasteiger partial charge in [0.2, 0.25) is 0 Å². The van der Waals surface area contributed by atoms with Crippen LogP contribution in [0.4, 0.5) is 0 Å². The van der Waals surface area contributed by atoms with E-state index in [0.29, 0.717) is 5.92 Å². The molecular weight excluding hydrogens is 511 g/mol. The molecule has 41 heavy (non-hydrogen) atoms. The zero-order valence-electron chi connectivity index (χ0n) is 25.0. The van der Waals surface area contributed by atoms with Crippen molar-refractivity contribution in [3.05, 3.63) is 71.3 Å². The van der Waals surface area contributed by atoms with Gasteiger partial charge in [-0.15, -0.1) is 0 Å². The van der Waals surface area contributed by atoms with Crippen molar-refractivity contribution in [2.24, 2.45) is 29.6 Å². The molecule has 6 aliphatic carbocycles. The summed E-state index contributed by atoms with van der Waals surface area (Å²) in [4.78, 5) is 0. The van der Waals surface area contributed by atoms with Crippen molar-refractivity contribution in [3.8, 4) is 5.75 Å². The first-order valence-corrected chi connectivity index (χ1v) is 15.8. The number of aliphatic hydroxyl groups excluding tert-OH is 2. The Morgan fingerprint density at radius 1 is 0.902 bits per heavy atom. The maximum atomic E-state index is 10.0. The predicted molar refractivity (Wildman–Crippen MR) is 162 cm³/mol. The molecule has 2 N–H and O–H groups in total. The van der Waals surface area contributed by atoms with Gasteiger partial charge >= 0.3 is 7.12 Å². The molecule has 1 saturated heterocycles. The number of benzene rings is 1. The molecule has 6 heteroatoms. The van der Waals surface area contributed by atoms with E-state index >= 15 is 0 Å². The van der Waals surface area contributed by atoms with Gasteiger partial charge in [-0.25, -0.2) is 0 Å². The van der Waals surface area contributed by atoms with Crippen LogP contribution in [0.1, 0.15) is 77.3 Å². The van der Waals surface area contributed by atoms with Crippen LogP contribution in [0, 0.1) is 29.6 Å². The maximum absolute atomic E-state index is 10.0. The van der Waals surface area contributed by atoms with E-state index < -0.39 is 6.10 Å². The molecule has 1 heterocycles. The third kappa shape index (κ3) is 4.89. The summed E-state index contributed by atoms with van der Waals surface area (Å²) < 4.78 is 18.8. The number of hydrogen-bond donors (Lipinski definition) is 2. The van der Waals surface area contributed by atoms with E-state index in [9.17, 15) is 10.2 Å². The van der Waals surface area contributed by atoms with E-state index in [2.05, 4.69) is 82.4 Å². The molecule has 5 fully saturated rings. The lowest BCUT2D eigenvalue weighted by Gasteiger charge is -2.57. The molecule has 0 spiro atoms. The van der Waals surface area contributed by atoms with E-state index in [1.165, 1.54) is 55.2 Å². The monoisotopic (exact) mass is 556 g/mol. The Balaban J connectivity index is 1.16. The highest BCUT2D eigenvalue weighted by atomic mass is 16.7. The summed E-state index contributed by atoms with van der Waals surface area (Å²) >= 11 is 0. The minimum absolute atomic E-state index is 0.115. The summed E-state index contributed by atoms with van der Waals surface area (Å²) in [6.07, 6.45) is 20.8. The molecule has 0 radical (unpaired) electrons. The molecule has 8 rings (SSSR count). The summed E-state index contributed by atoms with van der Waals surface area (Å²) in [6.45, 7) is 8.22. The van der Waals surface area contributed by atoms with Crippen LogP contribution in [-0.4, -0.2) is 47.9 Å². The standard InChI is InChI=1S/C35H45BO5/c1-33(2)34(3,4)41-36(40-33)29-9-7-26-14-25(5-6-27(26)15-29)28-8-10-32(39-21-30(38)20-37)31(16-28)35-17-22-11-23(18-35)13-24(12-22)19-35/h5-10,14-16,22-24,26-27,30,37-38H,11-13,17-21H2,1-4H3. The van der Waals surface area contributed by atoms with Crippen molar-refractivity contribution in [1.29, 1.82) is 0 Å². The summed E-state index contributed by atoms with van der Waals surface area (Å²) in [5.74, 6) is 3.94. The molecule has 0 aromatic heterocycles. The second-order valence-electron chi connectivity index (χ2n) is 14.8. The Labute approximate surface area is 245 Å². The highest BCUT2D eigenvalue weighted by molar-refractivity contribution is 6.55. The average molecular weight is 557 g/mol. The second-order valence-corrected chi connectivity index (χ2v) is 14.8. The molecule has 7 aliphatic rings. The molecule has 0 amide bonds. The van der Waals surface area contributed by atoms with E-state index in [4.69, 9.17) is 14.0 Å². The Kier molecular flexibility index (Phi) is 6.74. The summed E-state index contributed by atoms with van der Waals surface area (Å²) in [5.41, 5.74) is 4.36. The minimum Gasteiger partial charge on any atom is -0.490 e. The van der Waals surface area contributed by atoms with Crippen molar-refractivity contribution in [1.82, 2.24) is 0 Å². The highest BCUT2D eigenvalue weighted by Crippen LogP contribution is 2.62. The van der Waals surface area contributed by atoms with Gasteiger partial charge in [0, 0.05) is 17.4 Å². The van der Waals surface area contributed by atoms with Crippen LogP contribution < -0.4 is 4.74 Å². The van der Waals surface area contributed by atoms with Crippen molar-refractivity contribution < 1.29 is 24.3 Å². The zero-order chi connectivity index (χ0) is 28.6. The summed E-state index contributed by atoms with van der Waals surface area (Å²) in [6, 6.07) is 6.67. The van der Waals surface area contributed by atoms with Crippen LogP contribution in [0.25, 0.3) is 5.57 Å². The Morgan fingerprint density at radius 2 is 1.51 bits per heavy atom. The predicted octanol–water partition coefficient (Wildman–Crippen LogP) is 6.20. The van der Waals surface area contributed by atoms with Gasteiger partial charge in [-0.2, -0.15) is 0 Å². The fourth-order valence-corrected chi connectivity index (χ4v) is 8.83. The first-order chi connectivity index (χ1) is 19.5. The van der Waals surface area contributed by atoms with Crippen LogP contribution in [-0.2, 0) is 14.7 Å². The van der Waals surface area contributed by atoms with Crippen molar-refractivity contribution >= 4 is 12.7 Å². The number of ether oxygens (including phenoxy) is 1. The number of allylic oxidation sites excluding steroid dienone is 8. The van der Waals surface area contributed by atoms with Gasteiger partial charge in [0.25, 0.3) is 0 Å². The largest absolute Gasteiger partial charge is 0.494 e. The fourth-order valence-electron chi connectivity index (χ4n) is 8.83. The van der Waals surface area contributed by atoms with Gasteiger partial charge in [0.05, 0.1) is 17.8 Å². The van der Waals surface area contributed by atoms with Gasteiger partial charge < -0.3 is 24.3 Å². The smallest absolute Gasteiger partial charge is 0.490 e. The Hall–Kier alpha value is -2.12.